The quantitative estimate of drug-likeness (QED) is 0.0611. The first kappa shape index (κ1) is 35.9. The van der Waals surface area contributed by atoms with Crippen LogP contribution in [0.5, 0.6) is 11.5 Å². The number of aromatic hydroxyl groups is 2. The number of halogens is 1. The van der Waals surface area contributed by atoms with E-state index in [1.807, 2.05) is 0 Å². The lowest BCUT2D eigenvalue weighted by atomic mass is 10.1. The number of nitrogen functional groups attached to an aromatic ring is 1. The van der Waals surface area contributed by atoms with Crippen LogP contribution >= 0.6 is 46.5 Å². The summed E-state index contributed by atoms with van der Waals surface area (Å²) in [7, 11) is 1.38. The molecule has 2 aromatic rings. The van der Waals surface area contributed by atoms with Crippen molar-refractivity contribution in [2.75, 3.05) is 31.7 Å². The molecule has 0 unspecified atom stereocenters. The minimum atomic E-state index is -1.81. The minimum absolute atomic E-state index is 0.00506. The Kier molecular flexibility index (Phi) is 10.7. The van der Waals surface area contributed by atoms with Crippen LogP contribution < -0.4 is 16.4 Å². The SMILES string of the molecule is COC[C@H](CS[C@]1(C(=O)O)CN2C(=O)[C@@H](NC(=O)/C(=N\OC(C)(C)C(=O)O)c3csc(N)n3)[C@H]2S1)NC(=O)c1ccc(O)c(O)c1Cl. The number of aromatic nitrogens is 1. The van der Waals surface area contributed by atoms with Gasteiger partial charge in [-0.3, -0.25) is 14.4 Å². The fourth-order valence-electron chi connectivity index (χ4n) is 4.24. The van der Waals surface area contributed by atoms with Gasteiger partial charge in [0.05, 0.1) is 29.8 Å². The molecule has 0 radical (unpaired) electrons. The maximum atomic E-state index is 13.3. The summed E-state index contributed by atoms with van der Waals surface area (Å²) in [6, 6.07) is 0.382. The molecule has 1 aromatic carbocycles. The normalized spacial score (nSPS) is 21.4. The molecule has 3 amide bonds. The summed E-state index contributed by atoms with van der Waals surface area (Å²) in [4.78, 5) is 73.7. The molecule has 47 heavy (non-hydrogen) atoms. The van der Waals surface area contributed by atoms with Gasteiger partial charge >= 0.3 is 11.9 Å². The first-order valence-electron chi connectivity index (χ1n) is 13.4. The molecule has 8 N–H and O–H groups in total. The molecule has 2 aliphatic heterocycles. The molecule has 254 valence electrons. The van der Waals surface area contributed by atoms with E-state index in [9.17, 15) is 44.4 Å². The predicted molar refractivity (Wildman–Crippen MR) is 172 cm³/mol. The number of carboxylic acids is 2. The fourth-order valence-corrected chi connectivity index (χ4v) is 8.14. The van der Waals surface area contributed by atoms with Crippen molar-refractivity contribution in [2.45, 2.75) is 41.0 Å². The van der Waals surface area contributed by atoms with E-state index in [1.165, 1.54) is 37.3 Å². The Morgan fingerprint density at radius 2 is 2.00 bits per heavy atom. The van der Waals surface area contributed by atoms with Crippen LogP contribution in [0.1, 0.15) is 29.9 Å². The Labute approximate surface area is 283 Å². The monoisotopic (exact) mass is 732 g/mol. The third kappa shape index (κ3) is 7.45. The maximum absolute atomic E-state index is 13.3. The Bertz CT molecular complexity index is 1640. The minimum Gasteiger partial charge on any atom is -0.504 e. The number of hydrogen-bond donors (Lipinski definition) is 7. The van der Waals surface area contributed by atoms with E-state index in [4.69, 9.17) is 26.9 Å². The Morgan fingerprint density at radius 1 is 1.30 bits per heavy atom. The summed E-state index contributed by atoms with van der Waals surface area (Å²) in [5.74, 6) is -6.01. The highest BCUT2D eigenvalue weighted by Gasteiger charge is 2.63. The van der Waals surface area contributed by atoms with E-state index in [-0.39, 0.29) is 40.3 Å². The van der Waals surface area contributed by atoms with Crippen molar-refractivity contribution in [3.05, 3.63) is 33.8 Å². The number of anilines is 1. The largest absolute Gasteiger partial charge is 0.504 e. The molecule has 2 saturated heterocycles. The van der Waals surface area contributed by atoms with Crippen LogP contribution in [0.15, 0.2) is 22.7 Å². The fraction of sp³-hybridized carbons (Fsp3) is 0.423. The number of carbonyl (C=O) groups excluding carboxylic acids is 3. The maximum Gasteiger partial charge on any atom is 0.350 e. The van der Waals surface area contributed by atoms with Crippen molar-refractivity contribution < 1.29 is 54.0 Å². The number of benzene rings is 1. The average molecular weight is 733 g/mol. The lowest BCUT2D eigenvalue weighted by Gasteiger charge is -2.41. The topological polar surface area (TPSA) is 263 Å². The molecule has 4 atom stereocenters. The van der Waals surface area contributed by atoms with E-state index in [0.717, 1.165) is 40.9 Å². The van der Waals surface area contributed by atoms with Crippen LogP contribution in [0, 0.1) is 0 Å². The van der Waals surface area contributed by atoms with Crippen LogP contribution in [0.2, 0.25) is 5.02 Å². The predicted octanol–water partition coefficient (Wildman–Crippen LogP) is 0.733. The number of oxime groups is 1. The zero-order valence-electron chi connectivity index (χ0n) is 24.8. The molecule has 0 bridgehead atoms. The molecule has 3 heterocycles. The van der Waals surface area contributed by atoms with Crippen molar-refractivity contribution in [3.63, 3.8) is 0 Å². The number of ether oxygens (including phenoxy) is 1. The second-order valence-electron chi connectivity index (χ2n) is 10.6. The van der Waals surface area contributed by atoms with Gasteiger partial charge in [0, 0.05) is 18.2 Å². The van der Waals surface area contributed by atoms with E-state index in [2.05, 4.69) is 20.8 Å². The van der Waals surface area contributed by atoms with Gasteiger partial charge < -0.3 is 51.3 Å². The van der Waals surface area contributed by atoms with Gasteiger partial charge in [-0.2, -0.15) is 0 Å². The number of aliphatic carboxylic acids is 2. The first-order valence-corrected chi connectivity index (χ1v) is 16.5. The highest BCUT2D eigenvalue weighted by molar-refractivity contribution is 8.20. The number of nitrogens with two attached hydrogens (primary N) is 1. The summed E-state index contributed by atoms with van der Waals surface area (Å²) < 4.78 is 3.59. The van der Waals surface area contributed by atoms with Crippen molar-refractivity contribution in [3.8, 4) is 11.5 Å². The van der Waals surface area contributed by atoms with Gasteiger partial charge in [-0.15, -0.1) is 34.9 Å². The second-order valence-corrected chi connectivity index (χ2v) is 14.9. The number of phenolic OH excluding ortho intramolecular Hbond substituents is 2. The molecule has 1 aromatic heterocycles. The molecule has 2 fully saturated rings. The molecule has 4 rings (SSSR count). The van der Waals surface area contributed by atoms with Crippen LogP contribution in [0.4, 0.5) is 5.13 Å². The highest BCUT2D eigenvalue weighted by Crippen LogP contribution is 2.52. The number of nitrogens with one attached hydrogen (secondary N) is 2. The van der Waals surface area contributed by atoms with Gasteiger partial charge in [-0.05, 0) is 26.0 Å². The standard InChI is InChI=1S/C26H29ClN6O11S3/c1-25(2,22(39)40)44-32-15(12-8-45-24(28)30-12)19(37)31-16-20(38)33-9-26(23(41)42,47-21(16)33)46-7-10(6-43-3)29-18(36)11-4-5-13(34)17(35)14(11)27/h4-5,8,10,16,21,34-35H,6-7,9H2,1-3H3,(H2,28,30)(H,29,36)(H,31,37)(H,39,40)(H,41,42)/b32-15-/t10-,16-,21-,26-/m1/s1. The van der Waals surface area contributed by atoms with Gasteiger partial charge in [0.2, 0.25) is 11.5 Å². The number of phenols is 2. The number of thioether (sulfide) groups is 2. The molecule has 17 nitrogen and oxygen atoms in total. The van der Waals surface area contributed by atoms with Crippen molar-refractivity contribution in [2.24, 2.45) is 5.16 Å². The van der Waals surface area contributed by atoms with Gasteiger partial charge in [0.1, 0.15) is 17.1 Å². The first-order chi connectivity index (χ1) is 22.0. The second kappa shape index (κ2) is 14.0. The Hall–Kier alpha value is -3.98. The number of fused-ring (bicyclic) bond motifs is 1. The van der Waals surface area contributed by atoms with Gasteiger partial charge in [-0.1, -0.05) is 16.8 Å². The Balaban J connectivity index is 1.47. The summed E-state index contributed by atoms with van der Waals surface area (Å²) in [5.41, 5.74) is 3.27. The van der Waals surface area contributed by atoms with Gasteiger partial charge in [0.15, 0.2) is 26.4 Å². The van der Waals surface area contributed by atoms with Crippen molar-refractivity contribution in [1.82, 2.24) is 20.5 Å². The molecule has 0 aliphatic carbocycles. The molecular formula is C26H29ClN6O11S3. The lowest BCUT2D eigenvalue weighted by Crippen LogP contribution is -2.68. The van der Waals surface area contributed by atoms with Crippen LogP contribution in [-0.4, -0.2) is 119 Å². The van der Waals surface area contributed by atoms with Crippen molar-refractivity contribution in [1.29, 1.82) is 0 Å². The Morgan fingerprint density at radius 3 is 2.60 bits per heavy atom. The van der Waals surface area contributed by atoms with Crippen LogP contribution in [0.25, 0.3) is 0 Å². The van der Waals surface area contributed by atoms with E-state index >= 15 is 0 Å². The van der Waals surface area contributed by atoms with E-state index in [1.54, 1.807) is 0 Å². The zero-order valence-corrected chi connectivity index (χ0v) is 28.0. The number of carboxylic acid groups (broad SMARTS) is 2. The van der Waals surface area contributed by atoms with Crippen molar-refractivity contribution >= 4 is 87.0 Å². The summed E-state index contributed by atoms with van der Waals surface area (Å²) in [6.07, 6.45) is 0. The highest BCUT2D eigenvalue weighted by atomic mass is 35.5. The molecule has 2 aliphatic rings. The van der Waals surface area contributed by atoms with Gasteiger partial charge in [-0.25, -0.2) is 14.6 Å². The average Bonchev–Trinajstić information content (AvgIpc) is 3.60. The number of carbonyl (C=O) groups is 5. The van der Waals surface area contributed by atoms with Crippen LogP contribution in [0.3, 0.4) is 0 Å². The van der Waals surface area contributed by atoms with Gasteiger partial charge in [0.25, 0.3) is 11.8 Å². The number of methoxy groups -OCH3 is 1. The zero-order chi connectivity index (χ0) is 34.8. The number of β-lactam (4-membered cyclic amide) rings is 1. The summed E-state index contributed by atoms with van der Waals surface area (Å²) >= 11 is 8.85. The number of thiazole rings is 1. The summed E-state index contributed by atoms with van der Waals surface area (Å²) in [5, 5.41) is 48.3. The molecule has 21 heteroatoms. The van der Waals surface area contributed by atoms with E-state index in [0.29, 0.717) is 0 Å². The third-order valence-electron chi connectivity index (χ3n) is 6.86. The van der Waals surface area contributed by atoms with Crippen LogP contribution in [-0.2, 0) is 28.8 Å². The number of hydrogen-bond acceptors (Lipinski definition) is 15. The number of amides is 3. The molecule has 0 spiro atoms. The molecular weight excluding hydrogens is 704 g/mol. The number of nitrogens with zero attached hydrogens (tertiary/aromatic N) is 3. The third-order valence-corrected chi connectivity index (χ3v) is 11.4. The lowest BCUT2D eigenvalue weighted by molar-refractivity contribution is -0.161. The summed E-state index contributed by atoms with van der Waals surface area (Å²) in [6.45, 7) is 2.17. The molecule has 0 saturated carbocycles. The smallest absolute Gasteiger partial charge is 0.350 e. The van der Waals surface area contributed by atoms with E-state index < -0.39 is 74.0 Å². The number of rotatable bonds is 14.